The molecule has 1 rings (SSSR count). The molecule has 1 aromatic rings. The maximum atomic E-state index is 9.72. The molecule has 0 saturated heterocycles. The van der Waals surface area contributed by atoms with Gasteiger partial charge >= 0.3 is 0 Å². The van der Waals surface area contributed by atoms with E-state index in [1.54, 1.807) is 0 Å². The van der Waals surface area contributed by atoms with E-state index in [9.17, 15) is 9.79 Å². The van der Waals surface area contributed by atoms with Crippen LogP contribution in [0.4, 0.5) is 0 Å². The van der Waals surface area contributed by atoms with Gasteiger partial charge in [0.05, 0.1) is 0 Å². The van der Waals surface area contributed by atoms with Crippen LogP contribution in [0.1, 0.15) is 5.56 Å². The molecular weight excluding hydrogens is 203 g/mol. The molecular formula is C9H15O2PS. The predicted octanol–water partition coefficient (Wildman–Crippen LogP) is 1.81. The summed E-state index contributed by atoms with van der Waals surface area (Å²) in [5.74, 6) is 0. The van der Waals surface area contributed by atoms with Gasteiger partial charge in [-0.15, -0.1) is 10.1 Å². The molecule has 0 fully saturated rings. The van der Waals surface area contributed by atoms with E-state index in [1.807, 2.05) is 42.8 Å². The standard InChI is InChI=1S/C9H15O2PS/c1-13(2)12(10,11)8-9-6-4-3-5-7-9/h3-7,10-11H,8H2,1-2H3. The Labute approximate surface area is 81.3 Å². The summed E-state index contributed by atoms with van der Waals surface area (Å²) in [6.45, 7) is -2.71. The molecule has 0 unspecified atom stereocenters. The van der Waals surface area contributed by atoms with Crippen molar-refractivity contribution in [1.82, 2.24) is 0 Å². The third-order valence-corrected chi connectivity index (χ3v) is 7.66. The Kier molecular flexibility index (Phi) is 3.74. The Morgan fingerprint density at radius 1 is 1.15 bits per heavy atom. The zero-order valence-electron chi connectivity index (χ0n) is 7.84. The summed E-state index contributed by atoms with van der Waals surface area (Å²) in [7, 11) is -0.304. The molecule has 2 nitrogen and oxygen atoms in total. The lowest BCUT2D eigenvalue weighted by Gasteiger charge is -2.14. The first kappa shape index (κ1) is 11.0. The molecule has 0 aliphatic rings. The van der Waals surface area contributed by atoms with Crippen LogP contribution < -0.4 is 0 Å². The molecule has 0 spiro atoms. The number of hydrogen-bond donors (Lipinski definition) is 2. The van der Waals surface area contributed by atoms with Gasteiger partial charge in [-0.1, -0.05) is 30.3 Å². The van der Waals surface area contributed by atoms with E-state index >= 15 is 0 Å². The monoisotopic (exact) mass is 218 g/mol. The lowest BCUT2D eigenvalue weighted by molar-refractivity contribution is 0.477. The second kappa shape index (κ2) is 4.43. The average Bonchev–Trinajstić information content (AvgIpc) is 2.05. The summed E-state index contributed by atoms with van der Waals surface area (Å²) < 4.78 is 0. The molecule has 0 saturated carbocycles. The molecule has 74 valence electrons. The van der Waals surface area contributed by atoms with Crippen molar-refractivity contribution in [3.63, 3.8) is 0 Å². The first-order valence-electron chi connectivity index (χ1n) is 3.98. The zero-order chi connectivity index (χ0) is 9.90. The smallest absolute Gasteiger partial charge is 0.147 e. The predicted molar refractivity (Wildman–Crippen MR) is 60.7 cm³/mol. The van der Waals surface area contributed by atoms with Crippen molar-refractivity contribution in [1.29, 1.82) is 0 Å². The van der Waals surface area contributed by atoms with Gasteiger partial charge in [-0.3, -0.25) is 0 Å². The maximum absolute atomic E-state index is 9.72. The van der Waals surface area contributed by atoms with Gasteiger partial charge < -0.3 is 9.79 Å². The maximum Gasteiger partial charge on any atom is 0.147 e. The van der Waals surface area contributed by atoms with Crippen LogP contribution in [0.3, 0.4) is 0 Å². The molecule has 0 bridgehead atoms. The van der Waals surface area contributed by atoms with Crippen molar-refractivity contribution < 1.29 is 9.79 Å². The van der Waals surface area contributed by atoms with Crippen LogP contribution in [0, 0.1) is 0 Å². The van der Waals surface area contributed by atoms with Crippen LogP contribution in [-0.2, 0) is 16.2 Å². The summed E-state index contributed by atoms with van der Waals surface area (Å²) >= 11 is 0. The summed E-state index contributed by atoms with van der Waals surface area (Å²) in [6.07, 6.45) is 4.15. The molecule has 0 amide bonds. The van der Waals surface area contributed by atoms with Crippen molar-refractivity contribution in [3.05, 3.63) is 35.9 Å². The lowest BCUT2D eigenvalue weighted by Crippen LogP contribution is -1.93. The topological polar surface area (TPSA) is 40.5 Å². The minimum atomic E-state index is -2.71. The van der Waals surface area contributed by atoms with Gasteiger partial charge in [0, 0.05) is 6.16 Å². The fourth-order valence-electron chi connectivity index (χ4n) is 0.950. The second-order valence-electron chi connectivity index (χ2n) is 3.08. The second-order valence-corrected chi connectivity index (χ2v) is 10.2. The number of rotatable bonds is 2. The van der Waals surface area contributed by atoms with Gasteiger partial charge in [0.2, 0.25) is 0 Å². The highest BCUT2D eigenvalue weighted by Gasteiger charge is 2.11. The highest BCUT2D eigenvalue weighted by molar-refractivity contribution is 8.28. The molecule has 0 aliphatic heterocycles. The Morgan fingerprint density at radius 2 is 1.69 bits per heavy atom. The van der Waals surface area contributed by atoms with Gasteiger partial charge in [0.25, 0.3) is 0 Å². The van der Waals surface area contributed by atoms with E-state index in [0.717, 1.165) is 5.56 Å². The van der Waals surface area contributed by atoms with Gasteiger partial charge in [-0.05, 0) is 18.1 Å². The molecule has 0 atom stereocenters. The zero-order valence-corrected chi connectivity index (χ0v) is 9.55. The van der Waals surface area contributed by atoms with Gasteiger partial charge in [-0.2, -0.15) is 0 Å². The van der Waals surface area contributed by atoms with E-state index in [1.165, 1.54) is 0 Å². The third-order valence-electron chi connectivity index (χ3n) is 1.82. The van der Waals surface area contributed by atoms with E-state index in [4.69, 9.17) is 0 Å². The first-order chi connectivity index (χ1) is 6.02. The highest BCUT2D eigenvalue weighted by Crippen LogP contribution is 2.44. The van der Waals surface area contributed by atoms with Crippen LogP contribution in [0.25, 0.3) is 0 Å². The largest absolute Gasteiger partial charge is 0.349 e. The molecule has 0 radical (unpaired) electrons. The van der Waals surface area contributed by atoms with Gasteiger partial charge in [0.1, 0.15) is 6.49 Å². The quantitative estimate of drug-likeness (QED) is 0.743. The van der Waals surface area contributed by atoms with Crippen LogP contribution >= 0.6 is 6.49 Å². The Bertz CT molecular complexity index is 325. The Morgan fingerprint density at radius 3 is 2.15 bits per heavy atom. The van der Waals surface area contributed by atoms with E-state index in [2.05, 4.69) is 0 Å². The van der Waals surface area contributed by atoms with Crippen molar-refractivity contribution in [3.8, 4) is 0 Å². The van der Waals surface area contributed by atoms with Crippen molar-refractivity contribution >= 4 is 16.6 Å². The molecule has 0 aromatic heterocycles. The minimum absolute atomic E-state index is 0.304. The van der Waals surface area contributed by atoms with Crippen molar-refractivity contribution in [2.45, 2.75) is 6.16 Å². The van der Waals surface area contributed by atoms with Crippen LogP contribution in [0.2, 0.25) is 0 Å². The minimum Gasteiger partial charge on any atom is -0.349 e. The number of hydrogen-bond acceptors (Lipinski definition) is 0. The molecule has 0 heterocycles. The van der Waals surface area contributed by atoms with E-state index in [-0.39, 0.29) is 10.1 Å². The average molecular weight is 218 g/mol. The fraction of sp³-hybridized carbons (Fsp3) is 0.333. The molecule has 13 heavy (non-hydrogen) atoms. The Balaban J connectivity index is 2.88. The lowest BCUT2D eigenvalue weighted by atomic mass is 10.2. The molecule has 0 aliphatic carbocycles. The summed E-state index contributed by atoms with van der Waals surface area (Å²) in [4.78, 5) is 19.4. The van der Waals surface area contributed by atoms with Crippen LogP contribution in [-0.4, -0.2) is 22.3 Å². The third kappa shape index (κ3) is 3.28. The summed E-state index contributed by atoms with van der Waals surface area (Å²) in [6, 6.07) is 9.61. The van der Waals surface area contributed by atoms with Gasteiger partial charge in [-0.25, -0.2) is 0 Å². The van der Waals surface area contributed by atoms with Gasteiger partial charge in [0.15, 0.2) is 0 Å². The van der Waals surface area contributed by atoms with Crippen LogP contribution in [0.5, 0.6) is 0 Å². The van der Waals surface area contributed by atoms with Crippen molar-refractivity contribution in [2.24, 2.45) is 0 Å². The van der Waals surface area contributed by atoms with E-state index in [0.29, 0.717) is 6.16 Å². The summed E-state index contributed by atoms with van der Waals surface area (Å²) in [5, 5.41) is 0. The molecule has 1 aromatic carbocycles. The van der Waals surface area contributed by atoms with Crippen molar-refractivity contribution in [2.75, 3.05) is 12.5 Å². The fourth-order valence-corrected chi connectivity index (χ4v) is 3.12. The van der Waals surface area contributed by atoms with E-state index < -0.39 is 6.49 Å². The molecule has 4 heteroatoms. The normalized spacial score (nSPS) is 12.1. The van der Waals surface area contributed by atoms with Crippen LogP contribution in [0.15, 0.2) is 30.3 Å². The SMILES string of the molecule is CS(C)=P(O)(O)Cc1ccccc1. The molecule has 2 N–H and O–H groups in total. The first-order valence-corrected chi connectivity index (χ1v) is 8.51. The highest BCUT2D eigenvalue weighted by atomic mass is 32.5. The number of benzene rings is 1. The Hall–Kier alpha value is -0.0800. The summed E-state index contributed by atoms with van der Waals surface area (Å²) in [5.41, 5.74) is 1.00.